The minimum Gasteiger partial charge on any atom is -0.352 e. The molecular weight excluding hydrogens is 456 g/mol. The van der Waals surface area contributed by atoms with E-state index in [4.69, 9.17) is 4.98 Å². The quantitative estimate of drug-likeness (QED) is 0.568. The van der Waals surface area contributed by atoms with Crippen LogP contribution in [0.15, 0.2) is 42.5 Å². The summed E-state index contributed by atoms with van der Waals surface area (Å²) >= 11 is 0. The van der Waals surface area contributed by atoms with Gasteiger partial charge in [0.25, 0.3) is 11.8 Å². The standard InChI is InChI=1S/C27H30N6O3/c1-17-6-2-3-13-28-24(34)18-7-4-8-19(16-18)25(35)30-26-29-21-9-5-10-22(23(21)33(17)26)32-15-14-31(27(32)36)20-11-12-20/h4-5,7-10,16-17,20H,2-3,6,11-15H2,1H3,(H,28,34)(H,29,30,35). The van der Waals surface area contributed by atoms with Gasteiger partial charge >= 0.3 is 6.03 Å². The summed E-state index contributed by atoms with van der Waals surface area (Å²) in [6.45, 7) is 4.06. The Bertz CT molecular complexity index is 1360. The van der Waals surface area contributed by atoms with Crippen LogP contribution in [-0.2, 0) is 0 Å². The van der Waals surface area contributed by atoms with Crippen LogP contribution in [-0.4, -0.2) is 58.0 Å². The number of rotatable bonds is 2. The van der Waals surface area contributed by atoms with Gasteiger partial charge in [-0.15, -0.1) is 0 Å². The number of carbonyl (C=O) groups is 3. The molecular formula is C27H30N6O3. The summed E-state index contributed by atoms with van der Waals surface area (Å²) in [4.78, 5) is 47.7. The first kappa shape index (κ1) is 22.6. The van der Waals surface area contributed by atoms with Crippen LogP contribution in [0.25, 0.3) is 11.0 Å². The van der Waals surface area contributed by atoms with E-state index in [1.807, 2.05) is 28.0 Å². The van der Waals surface area contributed by atoms with Crippen molar-refractivity contribution >= 4 is 40.5 Å². The van der Waals surface area contributed by atoms with Gasteiger partial charge in [-0.3, -0.25) is 19.8 Å². The monoisotopic (exact) mass is 486 g/mol. The summed E-state index contributed by atoms with van der Waals surface area (Å²) in [5.41, 5.74) is 3.27. The molecule has 2 fully saturated rings. The van der Waals surface area contributed by atoms with Crippen LogP contribution in [0, 0.1) is 0 Å². The molecule has 186 valence electrons. The zero-order valence-electron chi connectivity index (χ0n) is 20.4. The number of imidazole rings is 1. The van der Waals surface area contributed by atoms with Crippen molar-refractivity contribution < 1.29 is 14.4 Å². The largest absolute Gasteiger partial charge is 0.352 e. The van der Waals surface area contributed by atoms with Crippen LogP contribution in [0.5, 0.6) is 0 Å². The summed E-state index contributed by atoms with van der Waals surface area (Å²) in [6, 6.07) is 13.0. The Labute approximate surface area is 209 Å². The molecule has 0 radical (unpaired) electrons. The number of urea groups is 1. The fourth-order valence-electron chi connectivity index (χ4n) is 5.34. The molecule has 4 amide bonds. The van der Waals surface area contributed by atoms with Crippen molar-refractivity contribution in [1.82, 2.24) is 19.8 Å². The molecule has 3 aromatic rings. The van der Waals surface area contributed by atoms with E-state index in [1.54, 1.807) is 24.3 Å². The maximum absolute atomic E-state index is 13.3. The van der Waals surface area contributed by atoms with Gasteiger partial charge < -0.3 is 14.8 Å². The van der Waals surface area contributed by atoms with E-state index in [9.17, 15) is 14.4 Å². The Morgan fingerprint density at radius 3 is 2.50 bits per heavy atom. The molecule has 1 aromatic heterocycles. The second-order valence-corrected chi connectivity index (χ2v) is 9.94. The Morgan fingerprint density at radius 1 is 0.917 bits per heavy atom. The number of nitrogens with zero attached hydrogens (tertiary/aromatic N) is 4. The highest BCUT2D eigenvalue weighted by Crippen LogP contribution is 2.37. The van der Waals surface area contributed by atoms with Crippen LogP contribution in [0.2, 0.25) is 0 Å². The van der Waals surface area contributed by atoms with E-state index in [0.717, 1.165) is 55.4 Å². The number of benzene rings is 2. The van der Waals surface area contributed by atoms with E-state index in [1.165, 1.54) is 0 Å². The highest BCUT2D eigenvalue weighted by molar-refractivity contribution is 6.07. The molecule has 36 heavy (non-hydrogen) atoms. The molecule has 2 aromatic carbocycles. The van der Waals surface area contributed by atoms with Gasteiger partial charge in [0.05, 0.1) is 16.7 Å². The zero-order chi connectivity index (χ0) is 24.8. The summed E-state index contributed by atoms with van der Waals surface area (Å²) in [6.07, 6.45) is 4.74. The lowest BCUT2D eigenvalue weighted by Gasteiger charge is -2.23. The normalized spacial score (nSPS) is 21.2. The first-order valence-corrected chi connectivity index (χ1v) is 12.8. The average Bonchev–Trinajstić information content (AvgIpc) is 3.55. The fraction of sp³-hybridized carbons (Fsp3) is 0.407. The van der Waals surface area contributed by atoms with E-state index < -0.39 is 0 Å². The van der Waals surface area contributed by atoms with Crippen molar-refractivity contribution in [1.29, 1.82) is 0 Å². The van der Waals surface area contributed by atoms with Crippen molar-refractivity contribution in [2.75, 3.05) is 29.9 Å². The van der Waals surface area contributed by atoms with Gasteiger partial charge in [-0.25, -0.2) is 9.78 Å². The zero-order valence-corrected chi connectivity index (χ0v) is 20.4. The molecule has 2 bridgehead atoms. The number of para-hydroxylation sites is 1. The van der Waals surface area contributed by atoms with Crippen molar-refractivity contribution in [2.45, 2.75) is 51.1 Å². The van der Waals surface area contributed by atoms with E-state index in [-0.39, 0.29) is 23.9 Å². The lowest BCUT2D eigenvalue weighted by Crippen LogP contribution is -2.33. The van der Waals surface area contributed by atoms with E-state index in [0.29, 0.717) is 36.2 Å². The van der Waals surface area contributed by atoms with Gasteiger partial charge in [0.2, 0.25) is 5.95 Å². The van der Waals surface area contributed by atoms with Crippen LogP contribution in [0.4, 0.5) is 16.4 Å². The second-order valence-electron chi connectivity index (χ2n) is 9.94. The number of hydrogen-bond donors (Lipinski definition) is 2. The summed E-state index contributed by atoms with van der Waals surface area (Å²) in [5.74, 6) is -0.0566. The molecule has 1 aliphatic carbocycles. The Hall–Kier alpha value is -3.88. The smallest absolute Gasteiger partial charge is 0.324 e. The van der Waals surface area contributed by atoms with Crippen molar-refractivity contribution in [2.24, 2.45) is 0 Å². The molecule has 1 unspecified atom stereocenters. The third-order valence-corrected chi connectivity index (χ3v) is 7.40. The Kier molecular flexibility index (Phi) is 5.62. The lowest BCUT2D eigenvalue weighted by atomic mass is 10.1. The number of aromatic nitrogens is 2. The predicted molar refractivity (Wildman–Crippen MR) is 137 cm³/mol. The molecule has 9 heteroatoms. The van der Waals surface area contributed by atoms with Crippen molar-refractivity contribution in [3.8, 4) is 0 Å². The predicted octanol–water partition coefficient (Wildman–Crippen LogP) is 4.17. The number of anilines is 2. The van der Waals surface area contributed by atoms with Crippen molar-refractivity contribution in [3.63, 3.8) is 0 Å². The van der Waals surface area contributed by atoms with Gasteiger partial charge in [0.1, 0.15) is 0 Å². The molecule has 0 spiro atoms. The molecule has 6 rings (SSSR count). The van der Waals surface area contributed by atoms with Crippen LogP contribution >= 0.6 is 0 Å². The second kappa shape index (κ2) is 8.96. The van der Waals surface area contributed by atoms with Crippen molar-refractivity contribution in [3.05, 3.63) is 53.6 Å². The topological polar surface area (TPSA) is 99.6 Å². The number of hydrogen-bond acceptors (Lipinski definition) is 4. The Morgan fingerprint density at radius 2 is 1.69 bits per heavy atom. The SMILES string of the molecule is CC1CCCCNC(=O)c2cccc(c2)C(=O)Nc2nc3cccc(N4CCN(C5CC5)C4=O)c3n21. The summed E-state index contributed by atoms with van der Waals surface area (Å²) in [5, 5.41) is 5.94. The molecule has 1 saturated carbocycles. The first-order chi connectivity index (χ1) is 17.5. The molecule has 2 aliphatic heterocycles. The summed E-state index contributed by atoms with van der Waals surface area (Å²) in [7, 11) is 0. The molecule has 3 heterocycles. The van der Waals surface area contributed by atoms with Gasteiger partial charge in [0, 0.05) is 42.8 Å². The number of fused-ring (bicyclic) bond motifs is 5. The average molecular weight is 487 g/mol. The van der Waals surface area contributed by atoms with E-state index >= 15 is 0 Å². The third kappa shape index (κ3) is 3.98. The fourth-order valence-corrected chi connectivity index (χ4v) is 5.34. The molecule has 1 saturated heterocycles. The first-order valence-electron chi connectivity index (χ1n) is 12.8. The highest BCUT2D eigenvalue weighted by atomic mass is 16.2. The van der Waals surface area contributed by atoms with Gasteiger partial charge in [0.15, 0.2) is 0 Å². The number of carbonyl (C=O) groups excluding carboxylic acids is 3. The van der Waals surface area contributed by atoms with E-state index in [2.05, 4.69) is 22.1 Å². The number of amides is 4. The third-order valence-electron chi connectivity index (χ3n) is 7.40. The van der Waals surface area contributed by atoms with Gasteiger partial charge in [-0.1, -0.05) is 12.1 Å². The summed E-state index contributed by atoms with van der Waals surface area (Å²) < 4.78 is 2.07. The minimum atomic E-state index is -0.329. The number of nitrogens with one attached hydrogen (secondary N) is 2. The maximum Gasteiger partial charge on any atom is 0.324 e. The molecule has 2 N–H and O–H groups in total. The lowest BCUT2D eigenvalue weighted by molar-refractivity contribution is 0.0953. The highest BCUT2D eigenvalue weighted by Gasteiger charge is 2.40. The van der Waals surface area contributed by atoms with Gasteiger partial charge in [-0.2, -0.15) is 0 Å². The molecule has 3 aliphatic rings. The van der Waals surface area contributed by atoms with Crippen LogP contribution in [0.1, 0.15) is 65.8 Å². The maximum atomic E-state index is 13.3. The van der Waals surface area contributed by atoms with Crippen LogP contribution < -0.4 is 15.5 Å². The molecule has 9 nitrogen and oxygen atoms in total. The van der Waals surface area contributed by atoms with Crippen LogP contribution in [0.3, 0.4) is 0 Å². The Balaban J connectivity index is 1.44. The minimum absolute atomic E-state index is 0.0219. The van der Waals surface area contributed by atoms with Gasteiger partial charge in [-0.05, 0) is 69.4 Å². The molecule has 1 atom stereocenters.